The zero-order valence-corrected chi connectivity index (χ0v) is 12.0. The maximum atomic E-state index is 11.4. The van der Waals surface area contributed by atoms with Gasteiger partial charge in [-0.15, -0.1) is 0 Å². The van der Waals surface area contributed by atoms with Crippen molar-refractivity contribution >= 4 is 11.0 Å². The van der Waals surface area contributed by atoms with Gasteiger partial charge in [-0.05, 0) is 30.3 Å². The van der Waals surface area contributed by atoms with Gasteiger partial charge in [0, 0.05) is 23.7 Å². The molecule has 0 aliphatic carbocycles. The molecule has 6 heteroatoms. The number of benzene rings is 2. The van der Waals surface area contributed by atoms with E-state index in [1.54, 1.807) is 7.11 Å². The summed E-state index contributed by atoms with van der Waals surface area (Å²) in [5.74, 6) is 2.31. The fourth-order valence-electron chi connectivity index (χ4n) is 2.60. The van der Waals surface area contributed by atoms with E-state index in [-0.39, 0.29) is 6.73 Å². The Bertz CT molecular complexity index is 827. The van der Waals surface area contributed by atoms with Crippen LogP contribution in [0.2, 0.25) is 0 Å². The van der Waals surface area contributed by atoms with Crippen molar-refractivity contribution in [2.75, 3.05) is 13.8 Å². The molecular weight excluding hydrogens is 282 g/mol. The van der Waals surface area contributed by atoms with E-state index < -0.39 is 0 Å². The summed E-state index contributed by atoms with van der Waals surface area (Å²) >= 11 is 0. The number of nitrogens with zero attached hydrogens (tertiary/aromatic N) is 2. The molecule has 1 N–H and O–H groups in total. The number of hydroxylamine groups is 2. The average molecular weight is 296 g/mol. The normalized spacial score (nSPS) is 14.6. The molecule has 2 aromatic carbocycles. The van der Waals surface area contributed by atoms with Crippen LogP contribution in [0.3, 0.4) is 0 Å². The van der Waals surface area contributed by atoms with Gasteiger partial charge in [-0.3, -0.25) is 0 Å². The predicted molar refractivity (Wildman–Crippen MR) is 82.5 cm³/mol. The van der Waals surface area contributed by atoms with Crippen LogP contribution in [0, 0.1) is 5.21 Å². The van der Waals surface area contributed by atoms with E-state index in [4.69, 9.17) is 9.47 Å². The molecule has 1 aliphatic rings. The standard InChI is InChI=1S/C16H14N3O3/c1-21-12-4-2-10(3-5-12)16-17-13-6-11-8-19(20)9-22-15(11)7-14(13)18-16/h2-7H,8-9H2,1H3,(H,17,18)/q-1. The summed E-state index contributed by atoms with van der Waals surface area (Å²) in [5.41, 5.74) is 3.56. The number of imidazole rings is 1. The van der Waals surface area contributed by atoms with Gasteiger partial charge in [0.25, 0.3) is 0 Å². The van der Waals surface area contributed by atoms with Gasteiger partial charge in [0.05, 0.1) is 18.1 Å². The van der Waals surface area contributed by atoms with Gasteiger partial charge in [-0.1, -0.05) is 0 Å². The lowest BCUT2D eigenvalue weighted by molar-refractivity contribution is 0.141. The van der Waals surface area contributed by atoms with Crippen LogP contribution >= 0.6 is 0 Å². The van der Waals surface area contributed by atoms with Crippen molar-refractivity contribution in [2.24, 2.45) is 0 Å². The highest BCUT2D eigenvalue weighted by Crippen LogP contribution is 2.30. The van der Waals surface area contributed by atoms with Gasteiger partial charge in [0.2, 0.25) is 0 Å². The van der Waals surface area contributed by atoms with E-state index >= 15 is 0 Å². The molecule has 4 rings (SSSR count). The molecule has 112 valence electrons. The number of aromatic amines is 1. The summed E-state index contributed by atoms with van der Waals surface area (Å²) in [7, 11) is 1.64. The summed E-state index contributed by atoms with van der Waals surface area (Å²) in [6, 6.07) is 11.5. The molecule has 0 amide bonds. The van der Waals surface area contributed by atoms with Crippen LogP contribution in [-0.2, 0) is 6.54 Å². The molecular formula is C16H14N3O3-. The zero-order valence-electron chi connectivity index (χ0n) is 12.0. The Labute approximate surface area is 126 Å². The third-order valence-corrected chi connectivity index (χ3v) is 3.74. The second-order valence-corrected chi connectivity index (χ2v) is 5.20. The van der Waals surface area contributed by atoms with E-state index in [9.17, 15) is 5.21 Å². The number of rotatable bonds is 2. The van der Waals surface area contributed by atoms with E-state index in [1.165, 1.54) is 0 Å². The Kier molecular flexibility index (Phi) is 2.99. The van der Waals surface area contributed by atoms with Crippen LogP contribution in [0.5, 0.6) is 11.5 Å². The lowest BCUT2D eigenvalue weighted by Crippen LogP contribution is -2.26. The van der Waals surface area contributed by atoms with Crippen molar-refractivity contribution in [2.45, 2.75) is 6.54 Å². The Morgan fingerprint density at radius 1 is 1.27 bits per heavy atom. The monoisotopic (exact) mass is 296 g/mol. The molecule has 3 aromatic rings. The molecule has 0 spiro atoms. The summed E-state index contributed by atoms with van der Waals surface area (Å²) in [4.78, 5) is 7.88. The van der Waals surface area contributed by atoms with E-state index in [0.717, 1.165) is 44.5 Å². The molecule has 0 saturated heterocycles. The first kappa shape index (κ1) is 13.1. The Balaban J connectivity index is 1.76. The van der Waals surface area contributed by atoms with Gasteiger partial charge in [-0.25, -0.2) is 4.98 Å². The molecule has 0 radical (unpaired) electrons. The maximum Gasteiger partial charge on any atom is 0.138 e. The highest BCUT2D eigenvalue weighted by Gasteiger charge is 2.15. The van der Waals surface area contributed by atoms with E-state index in [0.29, 0.717) is 6.54 Å². The van der Waals surface area contributed by atoms with Crippen molar-refractivity contribution < 1.29 is 9.47 Å². The Morgan fingerprint density at radius 2 is 2.09 bits per heavy atom. The van der Waals surface area contributed by atoms with Gasteiger partial charge in [0.15, 0.2) is 0 Å². The largest absolute Gasteiger partial charge is 0.783 e. The topological polar surface area (TPSA) is 73.4 Å². The lowest BCUT2D eigenvalue weighted by atomic mass is 10.1. The third kappa shape index (κ3) is 2.18. The summed E-state index contributed by atoms with van der Waals surface area (Å²) in [6.07, 6.45) is 0. The number of aromatic nitrogens is 2. The molecule has 2 heterocycles. The number of nitrogens with one attached hydrogen (secondary N) is 1. The highest BCUT2D eigenvalue weighted by atomic mass is 16.6. The van der Waals surface area contributed by atoms with Crippen molar-refractivity contribution in [3.8, 4) is 22.9 Å². The molecule has 6 nitrogen and oxygen atoms in total. The number of hydrogen-bond donors (Lipinski definition) is 1. The van der Waals surface area contributed by atoms with Crippen molar-refractivity contribution in [3.05, 3.63) is 47.2 Å². The molecule has 0 saturated carbocycles. The fourth-order valence-corrected chi connectivity index (χ4v) is 2.60. The first-order chi connectivity index (χ1) is 10.7. The molecule has 0 fully saturated rings. The van der Waals surface area contributed by atoms with Crippen LogP contribution in [-0.4, -0.2) is 28.9 Å². The smallest absolute Gasteiger partial charge is 0.138 e. The Morgan fingerprint density at radius 3 is 2.86 bits per heavy atom. The molecule has 0 atom stereocenters. The predicted octanol–water partition coefficient (Wildman–Crippen LogP) is 2.89. The van der Waals surface area contributed by atoms with Crippen LogP contribution in [0.1, 0.15) is 5.56 Å². The fraction of sp³-hybridized carbons (Fsp3) is 0.188. The second-order valence-electron chi connectivity index (χ2n) is 5.20. The summed E-state index contributed by atoms with van der Waals surface area (Å²) < 4.78 is 10.6. The minimum absolute atomic E-state index is 0.0638. The number of fused-ring (bicyclic) bond motifs is 2. The van der Waals surface area contributed by atoms with Crippen LogP contribution in [0.4, 0.5) is 0 Å². The van der Waals surface area contributed by atoms with Crippen LogP contribution in [0.25, 0.3) is 22.4 Å². The molecule has 0 bridgehead atoms. The van der Waals surface area contributed by atoms with E-state index in [2.05, 4.69) is 9.97 Å². The first-order valence-electron chi connectivity index (χ1n) is 6.95. The molecule has 0 unspecified atom stereocenters. The second kappa shape index (κ2) is 5.01. The third-order valence-electron chi connectivity index (χ3n) is 3.74. The van der Waals surface area contributed by atoms with Crippen LogP contribution in [0.15, 0.2) is 36.4 Å². The van der Waals surface area contributed by atoms with Crippen molar-refractivity contribution in [3.63, 3.8) is 0 Å². The lowest BCUT2D eigenvalue weighted by Gasteiger charge is -2.33. The van der Waals surface area contributed by atoms with Crippen molar-refractivity contribution in [1.82, 2.24) is 15.0 Å². The molecule has 22 heavy (non-hydrogen) atoms. The average Bonchev–Trinajstić information content (AvgIpc) is 2.95. The minimum atomic E-state index is 0.0638. The Hall–Kier alpha value is -2.57. The number of methoxy groups -OCH3 is 1. The first-order valence-corrected chi connectivity index (χ1v) is 6.95. The van der Waals surface area contributed by atoms with Gasteiger partial charge < -0.3 is 24.7 Å². The summed E-state index contributed by atoms with van der Waals surface area (Å²) in [5, 5.41) is 12.3. The SMILES string of the molecule is COc1ccc(-c2nc3cc4c(cc3[nH]2)CN([O-])CO4)cc1. The van der Waals surface area contributed by atoms with E-state index in [1.807, 2.05) is 36.4 Å². The maximum absolute atomic E-state index is 11.4. The number of hydrogen-bond acceptors (Lipinski definition) is 5. The highest BCUT2D eigenvalue weighted by molar-refractivity contribution is 5.82. The van der Waals surface area contributed by atoms with Crippen molar-refractivity contribution in [1.29, 1.82) is 0 Å². The molecule has 1 aromatic heterocycles. The minimum Gasteiger partial charge on any atom is -0.783 e. The number of H-pyrrole nitrogens is 1. The van der Waals surface area contributed by atoms with Gasteiger partial charge in [0.1, 0.15) is 24.1 Å². The zero-order chi connectivity index (χ0) is 15.1. The van der Waals surface area contributed by atoms with Crippen LogP contribution < -0.4 is 9.47 Å². The van der Waals surface area contributed by atoms with Gasteiger partial charge in [-0.2, -0.15) is 0 Å². The summed E-state index contributed by atoms with van der Waals surface area (Å²) in [6.45, 7) is 0.399. The molecule has 1 aliphatic heterocycles. The quantitative estimate of drug-likeness (QED) is 0.787. The van der Waals surface area contributed by atoms with Gasteiger partial charge >= 0.3 is 0 Å². The number of ether oxygens (including phenoxy) is 2.